The number of benzene rings is 3. The van der Waals surface area contributed by atoms with Crippen molar-refractivity contribution in [1.29, 1.82) is 0 Å². The second-order valence-electron chi connectivity index (χ2n) is 6.44. The molecule has 0 heteroatoms. The molecule has 0 nitrogen and oxygen atoms in total. The van der Waals surface area contributed by atoms with Crippen molar-refractivity contribution < 1.29 is 0 Å². The molecule has 0 aliphatic rings. The van der Waals surface area contributed by atoms with Gasteiger partial charge in [-0.2, -0.15) is 0 Å². The van der Waals surface area contributed by atoms with Crippen molar-refractivity contribution >= 4 is 0 Å². The van der Waals surface area contributed by atoms with Crippen molar-refractivity contribution in [3.8, 4) is 22.3 Å². The van der Waals surface area contributed by atoms with Crippen LogP contribution in [0.1, 0.15) is 27.8 Å². The smallest absolute Gasteiger partial charge is 0.00184 e. The van der Waals surface area contributed by atoms with E-state index in [4.69, 9.17) is 0 Å². The maximum atomic E-state index is 3.53. The Morgan fingerprint density at radius 3 is 1.48 bits per heavy atom. The van der Waals surface area contributed by atoms with E-state index in [9.17, 15) is 0 Å². The molecule has 0 N–H and O–H groups in total. The van der Waals surface area contributed by atoms with Gasteiger partial charge in [-0.25, -0.2) is 0 Å². The third kappa shape index (κ3) is 2.70. The van der Waals surface area contributed by atoms with E-state index in [-0.39, 0.29) is 0 Å². The Hall–Kier alpha value is -2.34. The molecule has 0 unspecified atom stereocenters. The van der Waals surface area contributed by atoms with Crippen molar-refractivity contribution in [3.05, 3.63) is 82.4 Å². The Morgan fingerprint density at radius 2 is 0.957 bits per heavy atom. The molecule has 0 saturated heterocycles. The van der Waals surface area contributed by atoms with Gasteiger partial charge in [0.25, 0.3) is 0 Å². The van der Waals surface area contributed by atoms with Crippen LogP contribution in [0, 0.1) is 40.7 Å². The van der Waals surface area contributed by atoms with Gasteiger partial charge in [-0.05, 0) is 90.8 Å². The van der Waals surface area contributed by atoms with E-state index in [1.54, 1.807) is 0 Å². The normalized spacial score (nSPS) is 10.8. The molecule has 0 aliphatic heterocycles. The molecule has 0 atom stereocenters. The molecule has 1 radical (unpaired) electrons. The molecule has 3 aromatic rings. The first-order valence-corrected chi connectivity index (χ1v) is 8.15. The lowest BCUT2D eigenvalue weighted by molar-refractivity contribution is 1.33. The standard InChI is InChI=1S/C23H23/c1-15-9-6-10-16(2)21(15)20-14-8-13-19(5)23(20)22-17(3)11-7-12-18(22)4/h6-13H,1-5H3. The Labute approximate surface area is 139 Å². The summed E-state index contributed by atoms with van der Waals surface area (Å²) in [6.07, 6.45) is 0. The fourth-order valence-electron chi connectivity index (χ4n) is 3.54. The molecule has 0 aromatic heterocycles. The molecule has 3 aromatic carbocycles. The lowest BCUT2D eigenvalue weighted by atomic mass is 9.84. The molecule has 0 amide bonds. The largest absolute Gasteiger partial charge is 0.0617 e. The van der Waals surface area contributed by atoms with Crippen LogP contribution in [0.5, 0.6) is 0 Å². The minimum absolute atomic E-state index is 1.22. The second kappa shape index (κ2) is 6.04. The Morgan fingerprint density at radius 1 is 0.522 bits per heavy atom. The highest BCUT2D eigenvalue weighted by Gasteiger charge is 2.16. The number of hydrogen-bond donors (Lipinski definition) is 0. The molecular formula is C23H23. The molecule has 0 bridgehead atoms. The first kappa shape index (κ1) is 15.6. The Bertz CT molecular complexity index is 829. The molecule has 0 aliphatic carbocycles. The van der Waals surface area contributed by atoms with E-state index < -0.39 is 0 Å². The fraction of sp³-hybridized carbons (Fsp3) is 0.217. The van der Waals surface area contributed by atoms with Gasteiger partial charge in [-0.3, -0.25) is 0 Å². The van der Waals surface area contributed by atoms with Crippen molar-refractivity contribution in [2.45, 2.75) is 34.6 Å². The van der Waals surface area contributed by atoms with E-state index in [2.05, 4.69) is 83.1 Å². The third-order valence-corrected chi connectivity index (χ3v) is 4.67. The van der Waals surface area contributed by atoms with Crippen molar-refractivity contribution in [2.24, 2.45) is 0 Å². The van der Waals surface area contributed by atoms with Gasteiger partial charge >= 0.3 is 0 Å². The van der Waals surface area contributed by atoms with Gasteiger partial charge in [0, 0.05) is 0 Å². The van der Waals surface area contributed by atoms with Crippen LogP contribution in [0.2, 0.25) is 0 Å². The van der Waals surface area contributed by atoms with Gasteiger partial charge in [-0.15, -0.1) is 0 Å². The predicted molar refractivity (Wildman–Crippen MR) is 99.8 cm³/mol. The summed E-state index contributed by atoms with van der Waals surface area (Å²) in [5.41, 5.74) is 11.8. The lowest BCUT2D eigenvalue weighted by Gasteiger charge is -2.19. The third-order valence-electron chi connectivity index (χ3n) is 4.67. The van der Waals surface area contributed by atoms with Crippen LogP contribution in [-0.4, -0.2) is 0 Å². The van der Waals surface area contributed by atoms with E-state index in [1.165, 1.54) is 50.1 Å². The zero-order valence-corrected chi connectivity index (χ0v) is 14.6. The molecule has 115 valence electrons. The predicted octanol–water partition coefficient (Wildman–Crippen LogP) is 6.36. The summed E-state index contributed by atoms with van der Waals surface area (Å²) in [5, 5.41) is 0. The summed E-state index contributed by atoms with van der Waals surface area (Å²) >= 11 is 0. The van der Waals surface area contributed by atoms with Crippen molar-refractivity contribution in [2.75, 3.05) is 0 Å². The maximum Gasteiger partial charge on any atom is -0.00184 e. The lowest BCUT2D eigenvalue weighted by Crippen LogP contribution is -1.97. The zero-order valence-electron chi connectivity index (χ0n) is 14.6. The van der Waals surface area contributed by atoms with E-state index in [0.717, 1.165) is 0 Å². The van der Waals surface area contributed by atoms with Crippen LogP contribution < -0.4 is 0 Å². The van der Waals surface area contributed by atoms with Crippen molar-refractivity contribution in [3.63, 3.8) is 0 Å². The fourth-order valence-corrected chi connectivity index (χ4v) is 3.54. The van der Waals surface area contributed by atoms with E-state index >= 15 is 0 Å². The molecular weight excluding hydrogens is 276 g/mol. The quantitative estimate of drug-likeness (QED) is 0.516. The highest BCUT2D eigenvalue weighted by atomic mass is 14.2. The van der Waals surface area contributed by atoms with Gasteiger partial charge < -0.3 is 0 Å². The van der Waals surface area contributed by atoms with Crippen LogP contribution in [0.25, 0.3) is 22.3 Å². The SMILES string of the molecule is Cc1cc[c]c(-c2c(C)cccc2C)c1-c1c(C)cccc1C. The summed E-state index contributed by atoms with van der Waals surface area (Å²) in [4.78, 5) is 0. The molecule has 0 fully saturated rings. The van der Waals surface area contributed by atoms with Gasteiger partial charge in [-0.1, -0.05) is 48.5 Å². The summed E-state index contributed by atoms with van der Waals surface area (Å²) in [7, 11) is 0. The minimum atomic E-state index is 1.22. The van der Waals surface area contributed by atoms with Crippen LogP contribution in [-0.2, 0) is 0 Å². The van der Waals surface area contributed by atoms with Crippen LogP contribution in [0.3, 0.4) is 0 Å². The van der Waals surface area contributed by atoms with Gasteiger partial charge in [0.2, 0.25) is 0 Å². The number of hydrogen-bond acceptors (Lipinski definition) is 0. The van der Waals surface area contributed by atoms with Gasteiger partial charge in [0.15, 0.2) is 0 Å². The molecule has 23 heavy (non-hydrogen) atoms. The molecule has 0 spiro atoms. The molecule has 3 rings (SSSR count). The Kier molecular flexibility index (Phi) is 4.09. The highest BCUT2D eigenvalue weighted by Crippen LogP contribution is 2.40. The number of rotatable bonds is 2. The first-order chi connectivity index (χ1) is 11.0. The van der Waals surface area contributed by atoms with Gasteiger partial charge in [0.05, 0.1) is 0 Å². The number of aryl methyl sites for hydroxylation is 5. The molecule has 0 saturated carbocycles. The summed E-state index contributed by atoms with van der Waals surface area (Å²) in [6, 6.07) is 20.8. The van der Waals surface area contributed by atoms with E-state index in [0.29, 0.717) is 0 Å². The van der Waals surface area contributed by atoms with Crippen LogP contribution >= 0.6 is 0 Å². The minimum Gasteiger partial charge on any atom is -0.0617 e. The first-order valence-electron chi connectivity index (χ1n) is 8.15. The van der Waals surface area contributed by atoms with Crippen molar-refractivity contribution in [1.82, 2.24) is 0 Å². The van der Waals surface area contributed by atoms with Crippen LogP contribution in [0.4, 0.5) is 0 Å². The summed E-state index contributed by atoms with van der Waals surface area (Å²) in [5.74, 6) is 0. The van der Waals surface area contributed by atoms with Gasteiger partial charge in [0.1, 0.15) is 0 Å². The average Bonchev–Trinajstić information content (AvgIpc) is 2.49. The van der Waals surface area contributed by atoms with Crippen LogP contribution in [0.15, 0.2) is 48.5 Å². The maximum absolute atomic E-state index is 3.53. The monoisotopic (exact) mass is 299 g/mol. The summed E-state index contributed by atoms with van der Waals surface area (Å²) < 4.78 is 0. The average molecular weight is 299 g/mol. The second-order valence-corrected chi connectivity index (χ2v) is 6.44. The summed E-state index contributed by atoms with van der Waals surface area (Å²) in [6.45, 7) is 11.0. The molecule has 0 heterocycles. The highest BCUT2D eigenvalue weighted by molar-refractivity contribution is 5.90. The topological polar surface area (TPSA) is 0 Å². The van der Waals surface area contributed by atoms with E-state index in [1.807, 2.05) is 6.07 Å². The Balaban J connectivity index is 2.40. The zero-order chi connectivity index (χ0) is 16.6.